The Bertz CT molecular complexity index is 693. The van der Waals surface area contributed by atoms with Crippen LogP contribution in [0.25, 0.3) is 11.6 Å². The molecule has 2 aromatic carbocycles. The summed E-state index contributed by atoms with van der Waals surface area (Å²) in [6.45, 7) is 10.7. The van der Waals surface area contributed by atoms with Crippen molar-refractivity contribution in [2.75, 3.05) is 0 Å². The summed E-state index contributed by atoms with van der Waals surface area (Å²) in [5.74, 6) is 0. The molecule has 0 saturated carbocycles. The molecule has 0 fully saturated rings. The second-order valence-electron chi connectivity index (χ2n) is 5.40. The van der Waals surface area contributed by atoms with Crippen LogP contribution in [0.2, 0.25) is 0 Å². The summed E-state index contributed by atoms with van der Waals surface area (Å²) >= 11 is 4.40. The second-order valence-corrected chi connectivity index (χ2v) is 5.92. The largest absolute Gasteiger partial charge is 0.143 e. The molecule has 0 bridgehead atoms. The average molecular weight is 294 g/mol. The second kappa shape index (κ2) is 6.82. The van der Waals surface area contributed by atoms with E-state index in [1.165, 1.54) is 22.3 Å². The Morgan fingerprint density at radius 3 is 2.62 bits per heavy atom. The third-order valence-electron chi connectivity index (χ3n) is 3.79. The van der Waals surface area contributed by atoms with E-state index in [0.29, 0.717) is 0 Å². The van der Waals surface area contributed by atoms with E-state index in [-0.39, 0.29) is 0 Å². The van der Waals surface area contributed by atoms with Gasteiger partial charge >= 0.3 is 0 Å². The molecule has 0 nitrogen and oxygen atoms in total. The Labute approximate surface area is 133 Å². The van der Waals surface area contributed by atoms with Gasteiger partial charge in [0.15, 0.2) is 0 Å². The van der Waals surface area contributed by atoms with Crippen molar-refractivity contribution in [3.05, 3.63) is 76.9 Å². The molecule has 21 heavy (non-hydrogen) atoms. The summed E-state index contributed by atoms with van der Waals surface area (Å²) < 4.78 is 0. The molecular weight excluding hydrogens is 272 g/mol. The van der Waals surface area contributed by atoms with Gasteiger partial charge in [0.2, 0.25) is 0 Å². The minimum absolute atomic E-state index is 0.964. The Hall–Kier alpha value is -1.73. The molecule has 1 heteroatoms. The fourth-order valence-corrected chi connectivity index (χ4v) is 2.53. The molecule has 0 atom stereocenters. The summed E-state index contributed by atoms with van der Waals surface area (Å²) in [7, 11) is 0. The van der Waals surface area contributed by atoms with Crippen molar-refractivity contribution in [1.29, 1.82) is 0 Å². The van der Waals surface area contributed by atoms with Gasteiger partial charge < -0.3 is 0 Å². The summed E-state index contributed by atoms with van der Waals surface area (Å²) in [4.78, 5) is 0.964. The van der Waals surface area contributed by atoms with E-state index in [1.807, 2.05) is 12.1 Å². The van der Waals surface area contributed by atoms with Crippen LogP contribution < -0.4 is 0 Å². The van der Waals surface area contributed by atoms with Crippen molar-refractivity contribution in [1.82, 2.24) is 0 Å². The first-order valence-electron chi connectivity index (χ1n) is 7.27. The molecule has 0 aliphatic heterocycles. The van der Waals surface area contributed by atoms with Crippen LogP contribution in [0.1, 0.15) is 36.1 Å². The third-order valence-corrected chi connectivity index (χ3v) is 4.07. The summed E-state index contributed by atoms with van der Waals surface area (Å²) in [5.41, 5.74) is 7.29. The zero-order valence-electron chi connectivity index (χ0n) is 13.0. The maximum Gasteiger partial charge on any atom is 0.00461 e. The van der Waals surface area contributed by atoms with E-state index < -0.39 is 0 Å². The molecule has 108 valence electrons. The van der Waals surface area contributed by atoms with Crippen molar-refractivity contribution < 1.29 is 0 Å². The molecule has 0 aliphatic rings. The topological polar surface area (TPSA) is 0 Å². The number of benzene rings is 2. The molecule has 0 saturated heterocycles. The summed E-state index contributed by atoms with van der Waals surface area (Å²) in [6, 6.07) is 14.8. The van der Waals surface area contributed by atoms with E-state index in [2.05, 4.69) is 76.4 Å². The first-order chi connectivity index (χ1) is 10.0. The molecule has 0 radical (unpaired) electrons. The van der Waals surface area contributed by atoms with Crippen molar-refractivity contribution in [2.24, 2.45) is 0 Å². The molecule has 0 unspecified atom stereocenters. The molecule has 0 aromatic heterocycles. The normalized spacial score (nSPS) is 11.5. The van der Waals surface area contributed by atoms with Crippen LogP contribution in [-0.4, -0.2) is 0 Å². The molecule has 0 amide bonds. The number of rotatable bonds is 4. The van der Waals surface area contributed by atoms with Gasteiger partial charge in [-0.3, -0.25) is 0 Å². The Morgan fingerprint density at radius 2 is 1.95 bits per heavy atom. The van der Waals surface area contributed by atoms with Gasteiger partial charge in [-0.15, -0.1) is 12.6 Å². The molecule has 2 aromatic rings. The molecule has 2 rings (SSSR count). The highest BCUT2D eigenvalue weighted by Crippen LogP contribution is 2.25. The highest BCUT2D eigenvalue weighted by atomic mass is 32.1. The Morgan fingerprint density at radius 1 is 1.19 bits per heavy atom. The third kappa shape index (κ3) is 3.89. The van der Waals surface area contributed by atoms with E-state index in [0.717, 1.165) is 22.5 Å². The smallest absolute Gasteiger partial charge is 0.00461 e. The van der Waals surface area contributed by atoms with Gasteiger partial charge in [0.1, 0.15) is 0 Å². The van der Waals surface area contributed by atoms with Crippen LogP contribution >= 0.6 is 12.6 Å². The number of aryl methyl sites for hydroxylation is 2. The van der Waals surface area contributed by atoms with Crippen molar-refractivity contribution in [3.63, 3.8) is 0 Å². The molecule has 0 aliphatic carbocycles. The van der Waals surface area contributed by atoms with Gasteiger partial charge in [-0.2, -0.15) is 0 Å². The lowest BCUT2D eigenvalue weighted by Crippen LogP contribution is -1.89. The van der Waals surface area contributed by atoms with Crippen LogP contribution in [-0.2, 0) is 6.42 Å². The van der Waals surface area contributed by atoms with Crippen LogP contribution in [0, 0.1) is 6.92 Å². The van der Waals surface area contributed by atoms with Crippen molar-refractivity contribution in [2.45, 2.75) is 32.1 Å². The van der Waals surface area contributed by atoms with Crippen LogP contribution in [0.5, 0.6) is 0 Å². The monoisotopic (exact) mass is 294 g/mol. The summed E-state index contributed by atoms with van der Waals surface area (Å²) in [6.07, 6.45) is 3.28. The lowest BCUT2D eigenvalue weighted by Gasteiger charge is -2.10. The first kappa shape index (κ1) is 15.7. The van der Waals surface area contributed by atoms with E-state index in [1.54, 1.807) is 0 Å². The van der Waals surface area contributed by atoms with Gasteiger partial charge in [0.25, 0.3) is 0 Å². The zero-order chi connectivity index (χ0) is 15.4. The Kier molecular flexibility index (Phi) is 5.08. The lowest BCUT2D eigenvalue weighted by molar-refractivity contribution is 1.13. The van der Waals surface area contributed by atoms with E-state index >= 15 is 0 Å². The van der Waals surface area contributed by atoms with E-state index in [4.69, 9.17) is 0 Å². The van der Waals surface area contributed by atoms with Gasteiger partial charge in [0, 0.05) is 4.90 Å². The van der Waals surface area contributed by atoms with Crippen molar-refractivity contribution in [3.8, 4) is 0 Å². The van der Waals surface area contributed by atoms with Crippen LogP contribution in [0.3, 0.4) is 0 Å². The molecular formula is C20H22S. The number of hydrogen-bond acceptors (Lipinski definition) is 1. The maximum absolute atomic E-state index is 4.40. The van der Waals surface area contributed by atoms with Gasteiger partial charge in [-0.05, 0) is 65.8 Å². The predicted molar refractivity (Wildman–Crippen MR) is 96.9 cm³/mol. The molecule has 0 spiro atoms. The minimum atomic E-state index is 0.964. The quantitative estimate of drug-likeness (QED) is 0.522. The highest BCUT2D eigenvalue weighted by Gasteiger charge is 2.04. The molecule has 0 N–H and O–H groups in total. The number of allylic oxidation sites excluding steroid dienone is 2. The highest BCUT2D eigenvalue weighted by molar-refractivity contribution is 7.80. The average Bonchev–Trinajstić information content (AvgIpc) is 2.48. The fourth-order valence-electron chi connectivity index (χ4n) is 2.31. The SMILES string of the molecule is C=C(/C(C)=C/c1cc(CC)ccc1C)c1cccc(S)c1. The van der Waals surface area contributed by atoms with Crippen LogP contribution in [0.15, 0.2) is 59.5 Å². The maximum atomic E-state index is 4.40. The lowest BCUT2D eigenvalue weighted by atomic mass is 9.96. The first-order valence-corrected chi connectivity index (χ1v) is 7.72. The zero-order valence-corrected chi connectivity index (χ0v) is 13.9. The van der Waals surface area contributed by atoms with E-state index in [9.17, 15) is 0 Å². The standard InChI is InChI=1S/C20H22S/c1-5-17-10-9-14(2)19(12-17)11-15(3)16(4)18-7-6-8-20(21)13-18/h6-13,21H,4-5H2,1-3H3/b15-11+. The van der Waals surface area contributed by atoms with Gasteiger partial charge in [-0.25, -0.2) is 0 Å². The number of thiol groups is 1. The molecule has 0 heterocycles. The van der Waals surface area contributed by atoms with Gasteiger partial charge in [0.05, 0.1) is 0 Å². The Balaban J connectivity index is 2.34. The van der Waals surface area contributed by atoms with Crippen LogP contribution in [0.4, 0.5) is 0 Å². The van der Waals surface area contributed by atoms with Crippen molar-refractivity contribution >= 4 is 24.3 Å². The number of hydrogen-bond donors (Lipinski definition) is 1. The minimum Gasteiger partial charge on any atom is -0.143 e. The summed E-state index contributed by atoms with van der Waals surface area (Å²) in [5, 5.41) is 0. The predicted octanol–water partition coefficient (Wildman–Crippen LogP) is 5.96. The van der Waals surface area contributed by atoms with Gasteiger partial charge in [-0.1, -0.05) is 49.9 Å². The fraction of sp³-hybridized carbons (Fsp3) is 0.200.